The number of aldehydes is 1. The Morgan fingerprint density at radius 3 is 1.56 bits per heavy atom. The van der Waals surface area contributed by atoms with E-state index in [1.807, 2.05) is 84.9 Å². The predicted molar refractivity (Wildman–Crippen MR) is 147 cm³/mol. The normalized spacial score (nSPS) is 10.7. The maximum atomic E-state index is 12.6. The summed E-state index contributed by atoms with van der Waals surface area (Å²) in [7, 11) is 1.62. The van der Waals surface area contributed by atoms with Crippen molar-refractivity contribution in [2.75, 3.05) is 7.11 Å². The quantitative estimate of drug-likeness (QED) is 0.255. The van der Waals surface area contributed by atoms with Crippen molar-refractivity contribution in [3.8, 4) is 56.0 Å². The number of hydrogen-bond donors (Lipinski definition) is 1. The third kappa shape index (κ3) is 4.16. The highest BCUT2D eigenvalue weighted by Gasteiger charge is 2.27. The fourth-order valence-corrected chi connectivity index (χ4v) is 4.72. The number of benzene rings is 5. The lowest BCUT2D eigenvalue weighted by Crippen LogP contribution is -2.00. The Morgan fingerprint density at radius 2 is 1.03 bits per heavy atom. The molecule has 0 fully saturated rings. The van der Waals surface area contributed by atoms with Gasteiger partial charge in [0.1, 0.15) is 11.5 Å². The molecule has 0 saturated carbocycles. The Balaban J connectivity index is 2.00. The zero-order chi connectivity index (χ0) is 25.1. The third-order valence-electron chi connectivity index (χ3n) is 6.47. The van der Waals surface area contributed by atoms with E-state index >= 15 is 0 Å². The van der Waals surface area contributed by atoms with Gasteiger partial charge in [-0.3, -0.25) is 4.79 Å². The Labute approximate surface area is 211 Å². The van der Waals surface area contributed by atoms with E-state index < -0.39 is 0 Å². The van der Waals surface area contributed by atoms with Crippen molar-refractivity contribution in [3.05, 3.63) is 120 Å². The monoisotopic (exact) mass is 470 g/mol. The van der Waals surface area contributed by atoms with Crippen LogP contribution in [0.5, 0.6) is 11.5 Å². The smallest absolute Gasteiger partial charge is 0.154 e. The van der Waals surface area contributed by atoms with Gasteiger partial charge in [0.2, 0.25) is 0 Å². The van der Waals surface area contributed by atoms with Crippen LogP contribution in [0.1, 0.15) is 15.9 Å². The zero-order valence-corrected chi connectivity index (χ0v) is 20.2. The summed E-state index contributed by atoms with van der Waals surface area (Å²) in [6, 6.07) is 35.6. The molecular formula is C33H26O3. The van der Waals surface area contributed by atoms with Crippen LogP contribution >= 0.6 is 0 Å². The molecule has 3 nitrogen and oxygen atoms in total. The van der Waals surface area contributed by atoms with Crippen molar-refractivity contribution in [3.63, 3.8) is 0 Å². The molecule has 0 aliphatic rings. The molecule has 5 aromatic carbocycles. The van der Waals surface area contributed by atoms with E-state index in [4.69, 9.17) is 4.74 Å². The van der Waals surface area contributed by atoms with Crippen LogP contribution in [0.15, 0.2) is 109 Å². The standard InChI is InChI=1S/C33H26O3/c1-22-13-15-25(16-14-22)31-30(24-11-7-4-8-12-24)29(23-9-5-3-6-10-23)28(21-34)33(35)32(31)26-17-19-27(36-2)20-18-26/h3-21,35H,1-2H3. The first-order chi connectivity index (χ1) is 17.6. The first-order valence-corrected chi connectivity index (χ1v) is 11.8. The lowest BCUT2D eigenvalue weighted by Gasteiger charge is -2.24. The molecule has 3 heteroatoms. The molecule has 0 spiro atoms. The van der Waals surface area contributed by atoms with Gasteiger partial charge in [0, 0.05) is 16.7 Å². The number of phenols is 1. The number of methoxy groups -OCH3 is 1. The molecule has 0 amide bonds. The van der Waals surface area contributed by atoms with Gasteiger partial charge in [0.15, 0.2) is 6.29 Å². The van der Waals surface area contributed by atoms with Gasteiger partial charge >= 0.3 is 0 Å². The van der Waals surface area contributed by atoms with E-state index in [0.29, 0.717) is 11.1 Å². The second kappa shape index (κ2) is 9.93. The zero-order valence-electron chi connectivity index (χ0n) is 20.2. The van der Waals surface area contributed by atoms with Crippen LogP contribution in [0.4, 0.5) is 0 Å². The van der Waals surface area contributed by atoms with Crippen molar-refractivity contribution < 1.29 is 14.6 Å². The van der Waals surface area contributed by atoms with Crippen molar-refractivity contribution >= 4 is 6.29 Å². The van der Waals surface area contributed by atoms with Crippen LogP contribution in [0, 0.1) is 6.92 Å². The fraction of sp³-hybridized carbons (Fsp3) is 0.0606. The summed E-state index contributed by atoms with van der Waals surface area (Å²) in [6.45, 7) is 2.05. The second-order valence-corrected chi connectivity index (χ2v) is 8.71. The number of carbonyl (C=O) groups excluding carboxylic acids is 1. The van der Waals surface area contributed by atoms with Gasteiger partial charge in [-0.2, -0.15) is 0 Å². The van der Waals surface area contributed by atoms with Crippen LogP contribution in [0.2, 0.25) is 0 Å². The third-order valence-corrected chi connectivity index (χ3v) is 6.47. The van der Waals surface area contributed by atoms with Crippen molar-refractivity contribution in [1.82, 2.24) is 0 Å². The fourth-order valence-electron chi connectivity index (χ4n) is 4.72. The number of rotatable bonds is 6. The summed E-state index contributed by atoms with van der Waals surface area (Å²) in [4.78, 5) is 12.6. The SMILES string of the molecule is COc1ccc(-c2c(O)c(C=O)c(-c3ccccc3)c(-c3ccccc3)c2-c2ccc(C)cc2)cc1. The number of carbonyl (C=O) groups is 1. The summed E-state index contributed by atoms with van der Waals surface area (Å²) in [5.74, 6) is 0.680. The number of hydrogen-bond acceptors (Lipinski definition) is 3. The highest BCUT2D eigenvalue weighted by molar-refractivity contribution is 6.10. The molecule has 5 rings (SSSR count). The lowest BCUT2D eigenvalue weighted by atomic mass is 9.79. The van der Waals surface area contributed by atoms with Crippen LogP contribution in [0.3, 0.4) is 0 Å². The molecule has 0 aliphatic heterocycles. The molecular weight excluding hydrogens is 444 g/mol. The van der Waals surface area contributed by atoms with Gasteiger partial charge in [-0.1, -0.05) is 103 Å². The highest BCUT2D eigenvalue weighted by atomic mass is 16.5. The van der Waals surface area contributed by atoms with E-state index in [1.165, 1.54) is 0 Å². The average molecular weight is 471 g/mol. The van der Waals surface area contributed by atoms with Crippen LogP contribution in [-0.4, -0.2) is 18.5 Å². The lowest BCUT2D eigenvalue weighted by molar-refractivity contribution is 0.112. The summed E-state index contributed by atoms with van der Waals surface area (Å²) in [5.41, 5.74) is 8.07. The van der Waals surface area contributed by atoms with Crippen LogP contribution < -0.4 is 4.74 Å². The molecule has 0 radical (unpaired) electrons. The molecule has 0 unspecified atom stereocenters. The molecule has 1 N–H and O–H groups in total. The maximum absolute atomic E-state index is 12.6. The predicted octanol–water partition coefficient (Wildman–Crippen LogP) is 8.19. The van der Waals surface area contributed by atoms with Gasteiger partial charge in [-0.05, 0) is 46.9 Å². The van der Waals surface area contributed by atoms with E-state index in [1.54, 1.807) is 7.11 Å². The molecule has 176 valence electrons. The first-order valence-electron chi connectivity index (χ1n) is 11.8. The molecule has 5 aromatic rings. The maximum Gasteiger partial charge on any atom is 0.154 e. The molecule has 0 aromatic heterocycles. The topological polar surface area (TPSA) is 46.5 Å². The minimum atomic E-state index is -0.0377. The molecule has 0 atom stereocenters. The number of ether oxygens (including phenoxy) is 1. The molecule has 0 aliphatic carbocycles. The minimum Gasteiger partial charge on any atom is -0.507 e. The molecule has 36 heavy (non-hydrogen) atoms. The Morgan fingerprint density at radius 1 is 0.583 bits per heavy atom. The number of aryl methyl sites for hydroxylation is 1. The molecule has 0 heterocycles. The van der Waals surface area contributed by atoms with E-state index in [0.717, 1.165) is 51.0 Å². The Kier molecular flexibility index (Phi) is 6.38. The number of aromatic hydroxyl groups is 1. The van der Waals surface area contributed by atoms with Gasteiger partial charge < -0.3 is 9.84 Å². The molecule has 0 bridgehead atoms. The van der Waals surface area contributed by atoms with E-state index in [9.17, 15) is 9.90 Å². The molecule has 0 saturated heterocycles. The van der Waals surface area contributed by atoms with Crippen molar-refractivity contribution in [2.24, 2.45) is 0 Å². The largest absolute Gasteiger partial charge is 0.507 e. The Hall–Kier alpha value is -4.63. The average Bonchev–Trinajstić information content (AvgIpc) is 2.94. The van der Waals surface area contributed by atoms with Gasteiger partial charge in [-0.15, -0.1) is 0 Å². The van der Waals surface area contributed by atoms with E-state index in [-0.39, 0.29) is 11.3 Å². The van der Waals surface area contributed by atoms with Crippen molar-refractivity contribution in [2.45, 2.75) is 6.92 Å². The summed E-state index contributed by atoms with van der Waals surface area (Å²) in [5, 5.41) is 11.7. The van der Waals surface area contributed by atoms with Crippen molar-refractivity contribution in [1.29, 1.82) is 0 Å². The number of phenolic OH excluding ortho intramolecular Hbond substituents is 1. The summed E-state index contributed by atoms with van der Waals surface area (Å²) >= 11 is 0. The first kappa shape index (κ1) is 23.1. The van der Waals surface area contributed by atoms with E-state index in [2.05, 4.69) is 31.2 Å². The van der Waals surface area contributed by atoms with Crippen LogP contribution in [0.25, 0.3) is 44.5 Å². The van der Waals surface area contributed by atoms with Gasteiger partial charge in [-0.25, -0.2) is 0 Å². The van der Waals surface area contributed by atoms with Gasteiger partial charge in [0.05, 0.1) is 12.7 Å². The second-order valence-electron chi connectivity index (χ2n) is 8.71. The Bertz CT molecular complexity index is 1500. The highest BCUT2D eigenvalue weighted by Crippen LogP contribution is 2.52. The van der Waals surface area contributed by atoms with Crippen LogP contribution in [-0.2, 0) is 0 Å². The summed E-state index contributed by atoms with van der Waals surface area (Å²) in [6.07, 6.45) is 0.760. The van der Waals surface area contributed by atoms with Gasteiger partial charge in [0.25, 0.3) is 0 Å². The summed E-state index contributed by atoms with van der Waals surface area (Å²) < 4.78 is 5.36. The minimum absolute atomic E-state index is 0.0377.